The summed E-state index contributed by atoms with van der Waals surface area (Å²) in [5.74, 6) is 0.720. The Hall–Kier alpha value is 0.373. The zero-order valence-electron chi connectivity index (χ0n) is 9.17. The molecule has 1 rings (SSSR count). The number of benzene rings is 1. The third-order valence-electron chi connectivity index (χ3n) is 1.75. The average molecular weight is 548 g/mol. The quantitative estimate of drug-likeness (QED) is 0.249. The van der Waals surface area contributed by atoms with Gasteiger partial charge in [-0.1, -0.05) is 0 Å². The Morgan fingerprint density at radius 1 is 1.47 bits per heavy atom. The van der Waals surface area contributed by atoms with E-state index in [2.05, 4.69) is 44.1 Å². The first-order valence-electron chi connectivity index (χ1n) is 4.68. The van der Waals surface area contributed by atoms with Crippen LogP contribution in [0, 0.1) is 10.1 Å². The molecule has 7 heteroatoms. The first-order chi connectivity index (χ1) is 7.90. The summed E-state index contributed by atoms with van der Waals surface area (Å²) in [4.78, 5) is 10.4. The van der Waals surface area contributed by atoms with Gasteiger partial charge in [0.05, 0.1) is 0 Å². The van der Waals surface area contributed by atoms with Gasteiger partial charge in [0, 0.05) is 0 Å². The number of hydrogen-bond donors (Lipinski definition) is 0. The molecule has 0 N–H and O–H groups in total. The van der Waals surface area contributed by atoms with Gasteiger partial charge in [-0.05, 0) is 0 Å². The van der Waals surface area contributed by atoms with Crippen molar-refractivity contribution in [3.63, 3.8) is 0 Å². The van der Waals surface area contributed by atoms with Crippen molar-refractivity contribution in [1.29, 1.82) is 0 Å². The molecule has 4 nitrogen and oxygen atoms in total. The second-order valence-corrected chi connectivity index (χ2v) is 23.3. The van der Waals surface area contributed by atoms with Crippen LogP contribution in [-0.4, -0.2) is 15.6 Å². The van der Waals surface area contributed by atoms with Crippen LogP contribution in [0.3, 0.4) is 0 Å². The summed E-state index contributed by atoms with van der Waals surface area (Å²) in [6, 6.07) is 4.73. The van der Waals surface area contributed by atoms with E-state index in [0.717, 1.165) is 11.3 Å². The molecule has 98 valence electrons. The van der Waals surface area contributed by atoms with Crippen LogP contribution in [0.15, 0.2) is 18.2 Å². The van der Waals surface area contributed by atoms with Gasteiger partial charge in [-0.15, -0.1) is 0 Å². The van der Waals surface area contributed by atoms with E-state index >= 15 is 0 Å². The molecule has 0 fully saturated rings. The number of halogens is 2. The van der Waals surface area contributed by atoms with Crippen LogP contribution < -0.4 is 4.74 Å². The first-order valence-corrected chi connectivity index (χ1v) is 16.0. The Morgan fingerprint density at radius 2 is 2.12 bits per heavy atom. The summed E-state index contributed by atoms with van der Waals surface area (Å²) in [5.41, 5.74) is 0.936. The number of rotatable bonds is 4. The summed E-state index contributed by atoms with van der Waals surface area (Å²) < 4.78 is 7.72. The Bertz CT molecular complexity index is 459. The van der Waals surface area contributed by atoms with Crippen LogP contribution in [-0.2, 0) is 8.47 Å². The molecule has 0 aliphatic heterocycles. The van der Waals surface area contributed by atoms with E-state index in [0.29, 0.717) is 0 Å². The third-order valence-corrected chi connectivity index (χ3v) is 5.28. The van der Waals surface area contributed by atoms with Gasteiger partial charge in [0.2, 0.25) is 0 Å². The molecular weight excluding hydrogens is 537 g/mol. The van der Waals surface area contributed by atoms with Crippen LogP contribution in [0.1, 0.15) is 19.4 Å². The number of nitrogens with zero attached hydrogens (tertiary/aromatic N) is 1. The fraction of sp³-hybridized carbons (Fsp3) is 0.300. The second kappa shape index (κ2) is 7.08. The fourth-order valence-electron chi connectivity index (χ4n) is 1.17. The van der Waals surface area contributed by atoms with Gasteiger partial charge in [0.1, 0.15) is 0 Å². The Morgan fingerprint density at radius 3 is 2.59 bits per heavy atom. The number of ether oxygens (including phenoxy) is 1. The van der Waals surface area contributed by atoms with Crippen molar-refractivity contribution in [3.05, 3.63) is 33.9 Å². The van der Waals surface area contributed by atoms with Crippen LogP contribution in [0.2, 0.25) is 0 Å². The molecule has 0 saturated heterocycles. The van der Waals surface area contributed by atoms with Crippen LogP contribution >= 0.6 is 39.5 Å². The Labute approximate surface area is 126 Å². The van der Waals surface area contributed by atoms with E-state index in [-0.39, 0.29) is 16.7 Å². The van der Waals surface area contributed by atoms with Crippen molar-refractivity contribution in [2.75, 3.05) is 0 Å². The van der Waals surface area contributed by atoms with E-state index in [1.807, 2.05) is 13.8 Å². The summed E-state index contributed by atoms with van der Waals surface area (Å²) in [7, 11) is -1.05. The monoisotopic (exact) mass is 549 g/mol. The van der Waals surface area contributed by atoms with Crippen molar-refractivity contribution in [3.8, 4) is 5.75 Å². The van der Waals surface area contributed by atoms with Gasteiger partial charge in [0.15, 0.2) is 0 Å². The normalized spacial score (nSPS) is 11.2. The third kappa shape index (κ3) is 5.25. The van der Waals surface area contributed by atoms with Crippen molar-refractivity contribution in [2.24, 2.45) is 0 Å². The van der Waals surface area contributed by atoms with E-state index in [1.165, 1.54) is 6.07 Å². The molecule has 0 bridgehead atoms. The number of nitro groups is 1. The second-order valence-electron chi connectivity index (χ2n) is 3.45. The molecular formula is C10H11I2NO3Ru-2. The van der Waals surface area contributed by atoms with Gasteiger partial charge in [-0.3, -0.25) is 0 Å². The van der Waals surface area contributed by atoms with Gasteiger partial charge < -0.3 is 0 Å². The van der Waals surface area contributed by atoms with Gasteiger partial charge >= 0.3 is 128 Å². The maximum atomic E-state index is 10.7. The van der Waals surface area contributed by atoms with Crippen molar-refractivity contribution < 1.29 is 18.1 Å². The molecule has 0 atom stereocenters. The fourth-order valence-corrected chi connectivity index (χ4v) is 4.78. The predicted molar refractivity (Wildman–Crippen MR) is 82.1 cm³/mol. The summed E-state index contributed by atoms with van der Waals surface area (Å²) in [6.45, 7) is 3.88. The topological polar surface area (TPSA) is 52.4 Å². The zero-order chi connectivity index (χ0) is 13.0. The summed E-state index contributed by atoms with van der Waals surface area (Å²) >= 11 is 4.75. The molecule has 0 heterocycles. The standard InChI is InChI=1S/C10H11NO3.2HI.Ru/c1-7(2)14-10-5-4-9(11(12)13)6-8(10)3;;;/h3-7H,1-2H3;2*1H;/p-2. The number of hydrogen-bond acceptors (Lipinski definition) is 3. The molecule has 0 unspecified atom stereocenters. The van der Waals surface area contributed by atoms with Gasteiger partial charge in [0.25, 0.3) is 0 Å². The average Bonchev–Trinajstić information content (AvgIpc) is 2.18. The minimum absolute atomic E-state index is 0.0627. The first kappa shape index (κ1) is 15.4. The number of non-ortho nitro benzene ring substituents is 1. The SMILES string of the molecule is CC(C)Oc1ccc([N+](=O)[O-])cc1[CH]=[Ru-2]([I])[I]. The van der Waals surface area contributed by atoms with E-state index < -0.39 is 8.47 Å². The Kier molecular flexibility index (Phi) is 6.43. The molecule has 0 aliphatic carbocycles. The zero-order valence-corrected chi connectivity index (χ0v) is 15.2. The van der Waals surface area contributed by atoms with E-state index in [4.69, 9.17) is 4.74 Å². The molecule has 0 radical (unpaired) electrons. The molecule has 0 aliphatic rings. The van der Waals surface area contributed by atoms with Crippen LogP contribution in [0.5, 0.6) is 5.75 Å². The predicted octanol–water partition coefficient (Wildman–Crippen LogP) is 3.85. The molecule has 1 aromatic rings. The summed E-state index contributed by atoms with van der Waals surface area (Å²) in [5, 5.41) is 10.7. The molecule has 0 spiro atoms. The van der Waals surface area contributed by atoms with Crippen LogP contribution in [0.4, 0.5) is 5.69 Å². The molecule has 0 aromatic heterocycles. The van der Waals surface area contributed by atoms with Gasteiger partial charge in [-0.2, -0.15) is 0 Å². The minimum atomic E-state index is -1.05. The van der Waals surface area contributed by atoms with Gasteiger partial charge in [-0.25, -0.2) is 0 Å². The van der Waals surface area contributed by atoms with Crippen LogP contribution in [0.25, 0.3) is 0 Å². The van der Waals surface area contributed by atoms with Crippen molar-refractivity contribution >= 4 is 49.8 Å². The number of nitro benzene ring substituents is 1. The van der Waals surface area contributed by atoms with Crippen molar-refractivity contribution in [2.45, 2.75) is 20.0 Å². The summed E-state index contributed by atoms with van der Waals surface area (Å²) in [6.07, 6.45) is 0.0627. The van der Waals surface area contributed by atoms with Crippen molar-refractivity contribution in [1.82, 2.24) is 0 Å². The Balaban J connectivity index is 3.21. The molecule has 1 aromatic carbocycles. The molecule has 0 saturated carbocycles. The van der Waals surface area contributed by atoms with E-state index in [9.17, 15) is 10.1 Å². The van der Waals surface area contributed by atoms with E-state index in [1.54, 1.807) is 12.1 Å². The maximum absolute atomic E-state index is 10.7. The molecule has 0 amide bonds. The molecule has 17 heavy (non-hydrogen) atoms.